The molecule has 0 aromatic heterocycles. The molecule has 0 radical (unpaired) electrons. The van der Waals surface area contributed by atoms with Crippen LogP contribution in [0.15, 0.2) is 0 Å². The topological polar surface area (TPSA) is 47.3 Å². The van der Waals surface area contributed by atoms with E-state index in [1.54, 1.807) is 0 Å². The van der Waals surface area contributed by atoms with Crippen LogP contribution in [0.4, 0.5) is 0 Å². The summed E-state index contributed by atoms with van der Waals surface area (Å²) < 4.78 is 5.95. The van der Waals surface area contributed by atoms with E-state index in [1.807, 2.05) is 0 Å². The Bertz CT molecular complexity index is 190. The maximum Gasteiger partial charge on any atom is 0.0820 e. The molecule has 0 aromatic rings. The van der Waals surface area contributed by atoms with E-state index in [0.29, 0.717) is 5.92 Å². The first kappa shape index (κ1) is 13.9. The van der Waals surface area contributed by atoms with E-state index in [0.717, 1.165) is 19.4 Å². The van der Waals surface area contributed by atoms with Crippen LogP contribution in [0, 0.1) is 5.92 Å². The third-order valence-electron chi connectivity index (χ3n) is 3.86. The van der Waals surface area contributed by atoms with Crippen LogP contribution in [0.1, 0.15) is 59.3 Å². The first-order chi connectivity index (χ1) is 7.62. The third kappa shape index (κ3) is 3.72. The summed E-state index contributed by atoms with van der Waals surface area (Å²) in [5.41, 5.74) is 2.92. The van der Waals surface area contributed by atoms with E-state index >= 15 is 0 Å². The van der Waals surface area contributed by atoms with E-state index in [-0.39, 0.29) is 11.6 Å². The molecule has 1 aliphatic heterocycles. The molecule has 3 unspecified atom stereocenters. The van der Waals surface area contributed by atoms with Gasteiger partial charge in [0.05, 0.1) is 11.6 Å². The molecule has 1 fully saturated rings. The number of hydrazine groups is 1. The fourth-order valence-electron chi connectivity index (χ4n) is 2.74. The smallest absolute Gasteiger partial charge is 0.0820 e. The molecular weight excluding hydrogens is 200 g/mol. The van der Waals surface area contributed by atoms with Gasteiger partial charge in [0.15, 0.2) is 0 Å². The second-order valence-electron chi connectivity index (χ2n) is 5.47. The van der Waals surface area contributed by atoms with Gasteiger partial charge in [0, 0.05) is 6.61 Å². The fourth-order valence-corrected chi connectivity index (χ4v) is 2.74. The lowest BCUT2D eigenvalue weighted by Gasteiger charge is -2.41. The van der Waals surface area contributed by atoms with Crippen LogP contribution in [0.5, 0.6) is 0 Å². The molecule has 0 spiro atoms. The van der Waals surface area contributed by atoms with Crippen molar-refractivity contribution in [3.8, 4) is 0 Å². The molecular formula is C13H28N2O. The van der Waals surface area contributed by atoms with E-state index in [1.165, 1.54) is 25.7 Å². The molecule has 16 heavy (non-hydrogen) atoms. The fraction of sp³-hybridized carbons (Fsp3) is 1.00. The lowest BCUT2D eigenvalue weighted by molar-refractivity contribution is -0.0925. The van der Waals surface area contributed by atoms with Crippen molar-refractivity contribution < 1.29 is 4.74 Å². The Kier molecular flexibility index (Phi) is 5.73. The minimum absolute atomic E-state index is 0.0605. The first-order valence-corrected chi connectivity index (χ1v) is 6.72. The summed E-state index contributed by atoms with van der Waals surface area (Å²) in [6.45, 7) is 7.63. The lowest BCUT2D eigenvalue weighted by atomic mass is 9.83. The minimum atomic E-state index is -0.0605. The van der Waals surface area contributed by atoms with Crippen molar-refractivity contribution in [2.75, 3.05) is 6.61 Å². The van der Waals surface area contributed by atoms with Crippen LogP contribution in [-0.4, -0.2) is 18.2 Å². The Labute approximate surface area is 100 Å². The Balaban J connectivity index is 2.51. The highest BCUT2D eigenvalue weighted by molar-refractivity contribution is 4.91. The number of nitrogens with one attached hydrogen (secondary N) is 1. The lowest BCUT2D eigenvalue weighted by Crippen LogP contribution is -2.55. The van der Waals surface area contributed by atoms with Crippen molar-refractivity contribution >= 4 is 0 Å². The molecule has 1 rings (SSSR count). The summed E-state index contributed by atoms with van der Waals surface area (Å²) in [4.78, 5) is 0. The molecule has 96 valence electrons. The summed E-state index contributed by atoms with van der Waals surface area (Å²) in [6, 6.07) is 0.286. The second kappa shape index (κ2) is 6.58. The molecule has 0 amide bonds. The zero-order valence-electron chi connectivity index (χ0n) is 11.1. The van der Waals surface area contributed by atoms with Gasteiger partial charge in [-0.1, -0.05) is 26.7 Å². The van der Waals surface area contributed by atoms with Gasteiger partial charge in [0.2, 0.25) is 0 Å². The van der Waals surface area contributed by atoms with Crippen molar-refractivity contribution in [2.24, 2.45) is 11.8 Å². The van der Waals surface area contributed by atoms with Crippen molar-refractivity contribution in [2.45, 2.75) is 70.9 Å². The van der Waals surface area contributed by atoms with E-state index in [9.17, 15) is 0 Å². The molecule has 3 nitrogen and oxygen atoms in total. The Morgan fingerprint density at radius 1 is 1.44 bits per heavy atom. The number of hydrogen-bond donors (Lipinski definition) is 2. The summed E-state index contributed by atoms with van der Waals surface area (Å²) >= 11 is 0. The van der Waals surface area contributed by atoms with Gasteiger partial charge in [-0.05, 0) is 38.5 Å². The van der Waals surface area contributed by atoms with Crippen LogP contribution in [0.2, 0.25) is 0 Å². The summed E-state index contributed by atoms with van der Waals surface area (Å²) in [7, 11) is 0. The maximum atomic E-state index is 5.95. The Morgan fingerprint density at radius 2 is 2.19 bits per heavy atom. The zero-order valence-corrected chi connectivity index (χ0v) is 11.1. The van der Waals surface area contributed by atoms with Gasteiger partial charge >= 0.3 is 0 Å². The van der Waals surface area contributed by atoms with Gasteiger partial charge in [-0.15, -0.1) is 0 Å². The zero-order chi connectivity index (χ0) is 12.0. The molecule has 0 aromatic carbocycles. The predicted molar refractivity (Wildman–Crippen MR) is 68.0 cm³/mol. The maximum absolute atomic E-state index is 5.95. The Morgan fingerprint density at radius 3 is 2.69 bits per heavy atom. The monoisotopic (exact) mass is 228 g/mol. The first-order valence-electron chi connectivity index (χ1n) is 6.72. The highest BCUT2D eigenvalue weighted by Crippen LogP contribution is 2.31. The standard InChI is InChI=1S/C13H28N2O/c1-4-7-11(2)10-12(15-14)13(3)8-5-6-9-16-13/h11-12,15H,4-10,14H2,1-3H3. The molecule has 0 bridgehead atoms. The Hall–Kier alpha value is -0.120. The molecule has 0 aliphatic carbocycles. The van der Waals surface area contributed by atoms with Crippen molar-refractivity contribution in [3.63, 3.8) is 0 Å². The van der Waals surface area contributed by atoms with Crippen LogP contribution in [-0.2, 0) is 4.74 Å². The van der Waals surface area contributed by atoms with Gasteiger partial charge in [0.25, 0.3) is 0 Å². The van der Waals surface area contributed by atoms with E-state index in [2.05, 4.69) is 26.2 Å². The molecule has 0 saturated carbocycles. The molecule has 1 heterocycles. The molecule has 3 heteroatoms. The normalized spacial score (nSPS) is 30.0. The van der Waals surface area contributed by atoms with E-state index < -0.39 is 0 Å². The molecule has 3 N–H and O–H groups in total. The van der Waals surface area contributed by atoms with Crippen molar-refractivity contribution in [1.82, 2.24) is 5.43 Å². The van der Waals surface area contributed by atoms with Crippen LogP contribution >= 0.6 is 0 Å². The van der Waals surface area contributed by atoms with Crippen LogP contribution < -0.4 is 11.3 Å². The molecule has 1 saturated heterocycles. The average Bonchev–Trinajstić information content (AvgIpc) is 2.27. The second-order valence-corrected chi connectivity index (χ2v) is 5.47. The summed E-state index contributed by atoms with van der Waals surface area (Å²) in [6.07, 6.45) is 7.21. The van der Waals surface area contributed by atoms with Gasteiger partial charge < -0.3 is 4.74 Å². The van der Waals surface area contributed by atoms with Crippen LogP contribution in [0.25, 0.3) is 0 Å². The third-order valence-corrected chi connectivity index (χ3v) is 3.86. The highest BCUT2D eigenvalue weighted by Gasteiger charge is 2.36. The van der Waals surface area contributed by atoms with Gasteiger partial charge in [-0.25, -0.2) is 0 Å². The quantitative estimate of drug-likeness (QED) is 0.542. The molecule has 3 atom stereocenters. The van der Waals surface area contributed by atoms with Crippen molar-refractivity contribution in [1.29, 1.82) is 0 Å². The SMILES string of the molecule is CCCC(C)CC(NN)C1(C)CCCCO1. The highest BCUT2D eigenvalue weighted by atomic mass is 16.5. The van der Waals surface area contributed by atoms with Gasteiger partial charge in [-0.3, -0.25) is 11.3 Å². The summed E-state index contributed by atoms with van der Waals surface area (Å²) in [5, 5.41) is 0. The minimum Gasteiger partial charge on any atom is -0.374 e. The van der Waals surface area contributed by atoms with E-state index in [4.69, 9.17) is 10.6 Å². The summed E-state index contributed by atoms with van der Waals surface area (Å²) in [5.74, 6) is 6.42. The van der Waals surface area contributed by atoms with Crippen molar-refractivity contribution in [3.05, 3.63) is 0 Å². The number of hydrogen-bond acceptors (Lipinski definition) is 3. The molecule has 1 aliphatic rings. The van der Waals surface area contributed by atoms with Gasteiger partial charge in [0.1, 0.15) is 0 Å². The predicted octanol–water partition coefficient (Wildman–Crippen LogP) is 2.60. The average molecular weight is 228 g/mol. The number of rotatable bonds is 6. The van der Waals surface area contributed by atoms with Crippen LogP contribution in [0.3, 0.4) is 0 Å². The number of nitrogens with two attached hydrogens (primary N) is 1. The number of ether oxygens (including phenoxy) is 1. The van der Waals surface area contributed by atoms with Gasteiger partial charge in [-0.2, -0.15) is 0 Å². The largest absolute Gasteiger partial charge is 0.374 e.